The lowest BCUT2D eigenvalue weighted by Crippen LogP contribution is -2.45. The molecule has 1 aliphatic rings. The average Bonchev–Trinajstić information content (AvgIpc) is 2.45. The number of hydrogen-bond donors (Lipinski definition) is 1. The van der Waals surface area contributed by atoms with E-state index in [0.717, 1.165) is 31.7 Å². The van der Waals surface area contributed by atoms with Gasteiger partial charge in [-0.3, -0.25) is 0 Å². The zero-order valence-corrected chi connectivity index (χ0v) is 13.1. The van der Waals surface area contributed by atoms with Crippen molar-refractivity contribution in [2.45, 2.75) is 38.8 Å². The SMILES string of the molecule is CC(C)N1CCC(C(N)COc2cccc(Cl)c2)CC1. The Kier molecular flexibility index (Phi) is 5.70. The van der Waals surface area contributed by atoms with Gasteiger partial charge >= 0.3 is 0 Å². The zero-order valence-electron chi connectivity index (χ0n) is 12.4. The van der Waals surface area contributed by atoms with E-state index in [0.29, 0.717) is 23.6 Å². The first kappa shape index (κ1) is 15.6. The number of nitrogens with zero attached hydrogens (tertiary/aromatic N) is 1. The molecule has 4 heteroatoms. The number of halogens is 1. The van der Waals surface area contributed by atoms with E-state index in [-0.39, 0.29) is 6.04 Å². The maximum absolute atomic E-state index is 6.28. The van der Waals surface area contributed by atoms with E-state index in [1.807, 2.05) is 24.3 Å². The van der Waals surface area contributed by atoms with Crippen LogP contribution in [0.5, 0.6) is 5.75 Å². The number of rotatable bonds is 5. The van der Waals surface area contributed by atoms with Crippen molar-refractivity contribution in [2.75, 3.05) is 19.7 Å². The molecule has 20 heavy (non-hydrogen) atoms. The van der Waals surface area contributed by atoms with Crippen molar-refractivity contribution in [1.82, 2.24) is 4.90 Å². The van der Waals surface area contributed by atoms with Crippen LogP contribution in [0.25, 0.3) is 0 Å². The van der Waals surface area contributed by atoms with Gasteiger partial charge in [-0.25, -0.2) is 0 Å². The second-order valence-electron chi connectivity index (χ2n) is 5.90. The molecule has 0 spiro atoms. The molecule has 3 nitrogen and oxygen atoms in total. The average molecular weight is 297 g/mol. The molecule has 0 aliphatic carbocycles. The Labute approximate surface area is 127 Å². The van der Waals surface area contributed by atoms with Crippen LogP contribution < -0.4 is 10.5 Å². The Balaban J connectivity index is 1.77. The molecule has 0 radical (unpaired) electrons. The number of likely N-dealkylation sites (tertiary alicyclic amines) is 1. The van der Waals surface area contributed by atoms with Gasteiger partial charge in [0.1, 0.15) is 12.4 Å². The van der Waals surface area contributed by atoms with Crippen molar-refractivity contribution in [3.8, 4) is 5.75 Å². The van der Waals surface area contributed by atoms with Crippen LogP contribution in [-0.4, -0.2) is 36.7 Å². The van der Waals surface area contributed by atoms with Gasteiger partial charge in [-0.1, -0.05) is 17.7 Å². The molecule has 1 saturated heterocycles. The Morgan fingerprint density at radius 1 is 1.35 bits per heavy atom. The molecule has 0 saturated carbocycles. The Bertz CT molecular complexity index is 417. The molecule has 1 aliphatic heterocycles. The third-order valence-electron chi connectivity index (χ3n) is 4.15. The van der Waals surface area contributed by atoms with Crippen molar-refractivity contribution in [2.24, 2.45) is 11.7 Å². The molecule has 1 heterocycles. The minimum Gasteiger partial charge on any atom is -0.492 e. The first-order chi connectivity index (χ1) is 9.56. The van der Waals surface area contributed by atoms with E-state index in [9.17, 15) is 0 Å². The normalized spacial score (nSPS) is 19.2. The van der Waals surface area contributed by atoms with Crippen LogP contribution in [0.2, 0.25) is 5.02 Å². The van der Waals surface area contributed by atoms with E-state index in [1.165, 1.54) is 0 Å². The monoisotopic (exact) mass is 296 g/mol. The fourth-order valence-corrected chi connectivity index (χ4v) is 2.93. The van der Waals surface area contributed by atoms with Gasteiger partial charge in [-0.05, 0) is 63.9 Å². The third kappa shape index (κ3) is 4.37. The van der Waals surface area contributed by atoms with Crippen molar-refractivity contribution in [3.05, 3.63) is 29.3 Å². The quantitative estimate of drug-likeness (QED) is 0.907. The van der Waals surface area contributed by atoms with Crippen LogP contribution in [0, 0.1) is 5.92 Å². The molecular weight excluding hydrogens is 272 g/mol. The number of benzene rings is 1. The highest BCUT2D eigenvalue weighted by Gasteiger charge is 2.25. The fourth-order valence-electron chi connectivity index (χ4n) is 2.75. The van der Waals surface area contributed by atoms with Crippen LogP contribution in [0.4, 0.5) is 0 Å². The van der Waals surface area contributed by atoms with Gasteiger partial charge in [0.05, 0.1) is 0 Å². The van der Waals surface area contributed by atoms with Crippen molar-refractivity contribution >= 4 is 11.6 Å². The summed E-state index contributed by atoms with van der Waals surface area (Å²) in [6.45, 7) is 7.36. The number of ether oxygens (including phenoxy) is 1. The maximum atomic E-state index is 6.28. The summed E-state index contributed by atoms with van der Waals surface area (Å²) < 4.78 is 5.75. The largest absolute Gasteiger partial charge is 0.492 e. The topological polar surface area (TPSA) is 38.5 Å². The minimum absolute atomic E-state index is 0.100. The van der Waals surface area contributed by atoms with Gasteiger partial charge in [0, 0.05) is 17.1 Å². The van der Waals surface area contributed by atoms with Crippen LogP contribution in [-0.2, 0) is 0 Å². The molecule has 0 amide bonds. The van der Waals surface area contributed by atoms with Gasteiger partial charge in [0.25, 0.3) is 0 Å². The first-order valence-corrected chi connectivity index (χ1v) is 7.82. The van der Waals surface area contributed by atoms with Gasteiger partial charge in [-0.2, -0.15) is 0 Å². The second-order valence-corrected chi connectivity index (χ2v) is 6.34. The lowest BCUT2D eigenvalue weighted by molar-refractivity contribution is 0.123. The molecule has 1 fully saturated rings. The zero-order chi connectivity index (χ0) is 14.5. The third-order valence-corrected chi connectivity index (χ3v) is 4.38. The van der Waals surface area contributed by atoms with E-state index >= 15 is 0 Å². The first-order valence-electron chi connectivity index (χ1n) is 7.44. The highest BCUT2D eigenvalue weighted by atomic mass is 35.5. The predicted octanol–water partition coefficient (Wildman–Crippen LogP) is 3.17. The van der Waals surface area contributed by atoms with Crippen LogP contribution in [0.1, 0.15) is 26.7 Å². The Morgan fingerprint density at radius 3 is 2.65 bits per heavy atom. The van der Waals surface area contributed by atoms with Crippen LogP contribution >= 0.6 is 11.6 Å². The molecule has 1 aromatic carbocycles. The summed E-state index contributed by atoms with van der Waals surface area (Å²) in [6, 6.07) is 8.22. The highest BCUT2D eigenvalue weighted by molar-refractivity contribution is 6.30. The second kappa shape index (κ2) is 7.30. The fraction of sp³-hybridized carbons (Fsp3) is 0.625. The van der Waals surface area contributed by atoms with E-state index in [1.54, 1.807) is 0 Å². The number of nitrogens with two attached hydrogens (primary N) is 1. The van der Waals surface area contributed by atoms with Gasteiger partial charge in [0.15, 0.2) is 0 Å². The predicted molar refractivity (Wildman–Crippen MR) is 84.4 cm³/mol. The Hall–Kier alpha value is -0.770. The number of piperidine rings is 1. The number of hydrogen-bond acceptors (Lipinski definition) is 3. The lowest BCUT2D eigenvalue weighted by atomic mass is 9.90. The molecule has 1 aromatic rings. The molecule has 0 bridgehead atoms. The summed E-state index contributed by atoms with van der Waals surface area (Å²) in [5.74, 6) is 1.36. The molecule has 112 valence electrons. The summed E-state index contributed by atoms with van der Waals surface area (Å²) in [5, 5.41) is 0.696. The van der Waals surface area contributed by atoms with Crippen LogP contribution in [0.15, 0.2) is 24.3 Å². The van der Waals surface area contributed by atoms with Gasteiger partial charge < -0.3 is 15.4 Å². The van der Waals surface area contributed by atoms with E-state index in [2.05, 4.69) is 18.7 Å². The van der Waals surface area contributed by atoms with Crippen molar-refractivity contribution in [3.63, 3.8) is 0 Å². The Morgan fingerprint density at radius 2 is 2.05 bits per heavy atom. The van der Waals surface area contributed by atoms with Gasteiger partial charge in [0.2, 0.25) is 0 Å². The standard InChI is InChI=1S/C16H25ClN2O/c1-12(2)19-8-6-13(7-9-19)16(18)11-20-15-5-3-4-14(17)10-15/h3-5,10,12-13,16H,6-9,11,18H2,1-2H3. The smallest absolute Gasteiger partial charge is 0.120 e. The highest BCUT2D eigenvalue weighted by Crippen LogP contribution is 2.22. The summed E-state index contributed by atoms with van der Waals surface area (Å²) in [6.07, 6.45) is 2.33. The molecular formula is C16H25ClN2O. The summed E-state index contributed by atoms with van der Waals surface area (Å²) in [4.78, 5) is 2.51. The molecule has 0 aromatic heterocycles. The van der Waals surface area contributed by atoms with Crippen molar-refractivity contribution < 1.29 is 4.74 Å². The summed E-state index contributed by atoms with van der Waals surface area (Å²) >= 11 is 5.94. The maximum Gasteiger partial charge on any atom is 0.120 e. The lowest BCUT2D eigenvalue weighted by Gasteiger charge is -2.36. The van der Waals surface area contributed by atoms with Gasteiger partial charge in [-0.15, -0.1) is 0 Å². The van der Waals surface area contributed by atoms with Crippen LogP contribution in [0.3, 0.4) is 0 Å². The molecule has 1 atom stereocenters. The minimum atomic E-state index is 0.100. The molecule has 2 N–H and O–H groups in total. The van der Waals surface area contributed by atoms with E-state index < -0.39 is 0 Å². The van der Waals surface area contributed by atoms with E-state index in [4.69, 9.17) is 22.1 Å². The summed E-state index contributed by atoms with van der Waals surface area (Å²) in [7, 11) is 0. The summed E-state index contributed by atoms with van der Waals surface area (Å²) in [5.41, 5.74) is 6.28. The molecule has 2 rings (SSSR count). The van der Waals surface area contributed by atoms with Crippen molar-refractivity contribution in [1.29, 1.82) is 0 Å². The molecule has 1 unspecified atom stereocenters.